The average Bonchev–Trinajstić information content (AvgIpc) is 2.35. The first-order valence-corrected chi connectivity index (χ1v) is 7.15. The summed E-state index contributed by atoms with van der Waals surface area (Å²) in [5.41, 5.74) is 0.656. The molecule has 0 bridgehead atoms. The smallest absolute Gasteiger partial charge is 0.338 e. The van der Waals surface area contributed by atoms with Crippen molar-refractivity contribution in [1.29, 1.82) is 0 Å². The Morgan fingerprint density at radius 2 is 1.71 bits per heavy atom. The van der Waals surface area contributed by atoms with Gasteiger partial charge in [-0.3, -0.25) is 4.79 Å². The zero-order valence-electron chi connectivity index (χ0n) is 13.4. The van der Waals surface area contributed by atoms with Crippen LogP contribution in [0.5, 0.6) is 0 Å². The van der Waals surface area contributed by atoms with E-state index in [1.165, 1.54) is 0 Å². The van der Waals surface area contributed by atoms with Crippen LogP contribution in [0, 0.1) is 12.8 Å². The van der Waals surface area contributed by atoms with Gasteiger partial charge in [0, 0.05) is 0 Å². The van der Waals surface area contributed by atoms with Crippen LogP contribution in [0.15, 0.2) is 24.3 Å². The Bertz CT molecular complexity index is 486. The summed E-state index contributed by atoms with van der Waals surface area (Å²) in [6, 6.07) is 7.12. The Labute approximate surface area is 126 Å². The Kier molecular flexibility index (Phi) is 5.94. The number of hydrogen-bond donors (Lipinski definition) is 0. The predicted molar refractivity (Wildman–Crippen MR) is 81.1 cm³/mol. The molecule has 0 aliphatic carbocycles. The van der Waals surface area contributed by atoms with Gasteiger partial charge in [-0.2, -0.15) is 0 Å². The Morgan fingerprint density at radius 1 is 1.14 bits per heavy atom. The van der Waals surface area contributed by atoms with E-state index in [-0.39, 0.29) is 18.3 Å². The van der Waals surface area contributed by atoms with Crippen LogP contribution < -0.4 is 0 Å². The second kappa shape index (κ2) is 7.25. The van der Waals surface area contributed by atoms with Crippen molar-refractivity contribution in [2.45, 2.75) is 46.6 Å². The number of benzene rings is 1. The highest BCUT2D eigenvalue weighted by atomic mass is 16.6. The van der Waals surface area contributed by atoms with Crippen molar-refractivity contribution >= 4 is 11.9 Å². The third kappa shape index (κ3) is 6.43. The van der Waals surface area contributed by atoms with Crippen molar-refractivity contribution in [3.8, 4) is 0 Å². The molecule has 0 amide bonds. The lowest BCUT2D eigenvalue weighted by Crippen LogP contribution is -2.32. The van der Waals surface area contributed by atoms with Gasteiger partial charge in [-0.05, 0) is 38.8 Å². The van der Waals surface area contributed by atoms with Crippen molar-refractivity contribution in [1.82, 2.24) is 0 Å². The molecule has 0 heterocycles. The fourth-order valence-corrected chi connectivity index (χ4v) is 1.69. The van der Waals surface area contributed by atoms with Gasteiger partial charge in [-0.25, -0.2) is 4.79 Å². The molecule has 0 aromatic heterocycles. The first-order chi connectivity index (χ1) is 9.69. The normalized spacial score (nSPS) is 11.3. The van der Waals surface area contributed by atoms with E-state index in [9.17, 15) is 9.59 Å². The van der Waals surface area contributed by atoms with Crippen molar-refractivity contribution < 1.29 is 19.1 Å². The van der Waals surface area contributed by atoms with Crippen LogP contribution in [0.1, 0.15) is 50.0 Å². The van der Waals surface area contributed by atoms with Crippen LogP contribution >= 0.6 is 0 Å². The maximum atomic E-state index is 12.0. The van der Waals surface area contributed by atoms with E-state index in [2.05, 4.69) is 0 Å². The van der Waals surface area contributed by atoms with Gasteiger partial charge in [0.05, 0.1) is 18.6 Å². The Morgan fingerprint density at radius 3 is 2.24 bits per heavy atom. The van der Waals surface area contributed by atoms with Crippen molar-refractivity contribution in [3.63, 3.8) is 0 Å². The molecule has 0 unspecified atom stereocenters. The van der Waals surface area contributed by atoms with Gasteiger partial charge in [-0.1, -0.05) is 31.5 Å². The zero-order chi connectivity index (χ0) is 16.0. The number of rotatable bonds is 6. The summed E-state index contributed by atoms with van der Waals surface area (Å²) in [4.78, 5) is 23.8. The maximum Gasteiger partial charge on any atom is 0.338 e. The van der Waals surface area contributed by atoms with Crippen LogP contribution in [0.2, 0.25) is 0 Å². The molecule has 0 radical (unpaired) electrons. The molecule has 0 saturated heterocycles. The summed E-state index contributed by atoms with van der Waals surface area (Å²) in [5.74, 6) is -0.505. The lowest BCUT2D eigenvalue weighted by Gasteiger charge is -2.24. The molecule has 0 atom stereocenters. The minimum atomic E-state index is -0.893. The van der Waals surface area contributed by atoms with Crippen LogP contribution in [0.25, 0.3) is 0 Å². The Hall–Kier alpha value is -1.84. The summed E-state index contributed by atoms with van der Waals surface area (Å²) >= 11 is 0. The van der Waals surface area contributed by atoms with Crippen molar-refractivity contribution in [2.75, 3.05) is 6.61 Å². The van der Waals surface area contributed by atoms with Gasteiger partial charge in [0.25, 0.3) is 0 Å². The molecule has 1 aromatic carbocycles. The average molecular weight is 292 g/mol. The molecule has 0 saturated carbocycles. The van der Waals surface area contributed by atoms with Crippen LogP contribution in [0.4, 0.5) is 0 Å². The van der Waals surface area contributed by atoms with Crippen LogP contribution in [-0.2, 0) is 14.3 Å². The molecule has 1 rings (SSSR count). The number of carbonyl (C=O) groups is 2. The van der Waals surface area contributed by atoms with Gasteiger partial charge in [0.2, 0.25) is 0 Å². The van der Waals surface area contributed by atoms with Crippen molar-refractivity contribution in [3.05, 3.63) is 35.4 Å². The summed E-state index contributed by atoms with van der Waals surface area (Å²) in [6.45, 7) is 9.67. The minimum Gasteiger partial charge on any atom is -0.465 e. The molecule has 0 fully saturated rings. The molecule has 1 aromatic rings. The van der Waals surface area contributed by atoms with E-state index in [4.69, 9.17) is 9.47 Å². The highest BCUT2D eigenvalue weighted by Crippen LogP contribution is 2.18. The first kappa shape index (κ1) is 17.2. The van der Waals surface area contributed by atoms with Gasteiger partial charge in [0.15, 0.2) is 0 Å². The summed E-state index contributed by atoms with van der Waals surface area (Å²) in [5, 5.41) is 0. The molecule has 0 aliphatic heterocycles. The minimum absolute atomic E-state index is 0.0390. The van der Waals surface area contributed by atoms with Crippen LogP contribution in [-0.4, -0.2) is 24.1 Å². The first-order valence-electron chi connectivity index (χ1n) is 7.15. The number of ether oxygens (including phenoxy) is 2. The molecular weight excluding hydrogens is 268 g/mol. The number of aryl methyl sites for hydroxylation is 1. The summed E-state index contributed by atoms with van der Waals surface area (Å²) in [7, 11) is 0. The molecule has 116 valence electrons. The standard InChI is InChI=1S/C17H24O4/c1-12(2)11-20-15(18)10-17(4,5)21-16(19)14-8-6-13(3)7-9-14/h6-9,12H,10-11H2,1-5H3. The molecular formula is C17H24O4. The highest BCUT2D eigenvalue weighted by molar-refractivity contribution is 5.90. The highest BCUT2D eigenvalue weighted by Gasteiger charge is 2.28. The number of carbonyl (C=O) groups excluding carboxylic acids is 2. The predicted octanol–water partition coefficient (Wildman–Crippen LogP) is 3.52. The second-order valence-corrected chi connectivity index (χ2v) is 6.27. The number of esters is 2. The van der Waals surface area contributed by atoms with Gasteiger partial charge >= 0.3 is 11.9 Å². The van der Waals surface area contributed by atoms with E-state index >= 15 is 0 Å². The van der Waals surface area contributed by atoms with Crippen LogP contribution in [0.3, 0.4) is 0 Å². The van der Waals surface area contributed by atoms with E-state index in [1.54, 1.807) is 26.0 Å². The number of hydrogen-bond acceptors (Lipinski definition) is 4. The summed E-state index contributed by atoms with van der Waals surface area (Å²) < 4.78 is 10.5. The largest absolute Gasteiger partial charge is 0.465 e. The quantitative estimate of drug-likeness (QED) is 0.753. The van der Waals surface area contributed by atoms with Gasteiger partial charge < -0.3 is 9.47 Å². The topological polar surface area (TPSA) is 52.6 Å². The monoisotopic (exact) mass is 292 g/mol. The van der Waals surface area contributed by atoms with E-state index in [1.807, 2.05) is 32.9 Å². The van der Waals surface area contributed by atoms with E-state index < -0.39 is 11.6 Å². The van der Waals surface area contributed by atoms with Crippen molar-refractivity contribution in [2.24, 2.45) is 5.92 Å². The van der Waals surface area contributed by atoms with E-state index in [0.717, 1.165) is 5.56 Å². The lowest BCUT2D eigenvalue weighted by atomic mass is 10.0. The lowest BCUT2D eigenvalue weighted by molar-refractivity contribution is -0.149. The molecule has 4 heteroatoms. The Balaban J connectivity index is 2.56. The zero-order valence-corrected chi connectivity index (χ0v) is 13.4. The third-order valence-corrected chi connectivity index (χ3v) is 2.80. The van der Waals surface area contributed by atoms with Gasteiger partial charge in [0.1, 0.15) is 5.60 Å². The molecule has 21 heavy (non-hydrogen) atoms. The fraction of sp³-hybridized carbons (Fsp3) is 0.529. The molecule has 0 spiro atoms. The maximum absolute atomic E-state index is 12.0. The van der Waals surface area contributed by atoms with Gasteiger partial charge in [-0.15, -0.1) is 0 Å². The molecule has 4 nitrogen and oxygen atoms in total. The fourth-order valence-electron chi connectivity index (χ4n) is 1.69. The SMILES string of the molecule is Cc1ccc(C(=O)OC(C)(C)CC(=O)OCC(C)C)cc1. The molecule has 0 aliphatic rings. The second-order valence-electron chi connectivity index (χ2n) is 6.27. The molecule has 0 N–H and O–H groups in total. The summed E-state index contributed by atoms with van der Waals surface area (Å²) in [6.07, 6.45) is 0.0390. The van der Waals surface area contributed by atoms with E-state index in [0.29, 0.717) is 12.2 Å². The third-order valence-electron chi connectivity index (χ3n) is 2.80.